The van der Waals surface area contributed by atoms with Crippen molar-refractivity contribution in [3.63, 3.8) is 0 Å². The molecule has 0 bridgehead atoms. The first-order valence-corrected chi connectivity index (χ1v) is 9.31. The van der Waals surface area contributed by atoms with E-state index in [-0.39, 0.29) is 6.54 Å². The quantitative estimate of drug-likeness (QED) is 0.509. The fourth-order valence-corrected chi connectivity index (χ4v) is 2.95. The van der Waals surface area contributed by atoms with Crippen LogP contribution in [0.4, 0.5) is 0 Å². The number of rotatable bonds is 5. The second-order valence-corrected chi connectivity index (χ2v) is 6.59. The van der Waals surface area contributed by atoms with Crippen molar-refractivity contribution in [2.24, 2.45) is 5.10 Å². The lowest BCUT2D eigenvalue weighted by Gasteiger charge is -2.09. The number of tetrazole rings is 1. The van der Waals surface area contributed by atoms with Gasteiger partial charge in [0, 0.05) is 12.0 Å². The third kappa shape index (κ3) is 4.69. The summed E-state index contributed by atoms with van der Waals surface area (Å²) in [4.78, 5) is 13.3. The molecule has 0 spiro atoms. The summed E-state index contributed by atoms with van der Waals surface area (Å²) in [5, 5.41) is 16.4. The van der Waals surface area contributed by atoms with Crippen LogP contribution in [0.5, 0.6) is 11.5 Å². The van der Waals surface area contributed by atoms with Crippen LogP contribution in [-0.4, -0.2) is 45.5 Å². The zero-order valence-electron chi connectivity index (χ0n) is 15.3. The van der Waals surface area contributed by atoms with E-state index in [9.17, 15) is 4.79 Å². The Bertz CT molecular complexity index is 1040. The molecule has 0 atom stereocenters. The van der Waals surface area contributed by atoms with E-state index in [1.165, 1.54) is 11.0 Å². The first-order valence-electron chi connectivity index (χ1n) is 8.93. The van der Waals surface area contributed by atoms with Crippen LogP contribution in [-0.2, 0) is 11.3 Å². The number of carbonyl (C=O) groups is 1. The van der Waals surface area contributed by atoms with Gasteiger partial charge in [0.05, 0.1) is 24.5 Å². The van der Waals surface area contributed by atoms with Gasteiger partial charge in [0.1, 0.15) is 6.54 Å². The molecule has 4 rings (SSSR count). The molecular weight excluding hydrogens is 396 g/mol. The van der Waals surface area contributed by atoms with E-state index in [2.05, 4.69) is 25.9 Å². The highest BCUT2D eigenvalue weighted by molar-refractivity contribution is 6.32. The Balaban J connectivity index is 1.36. The SMILES string of the molecule is O=C(Cn1nnc(-c2ccccc2)n1)N/N=C\c1cc(Cl)c2c(c1)OCCCO2. The van der Waals surface area contributed by atoms with E-state index in [0.29, 0.717) is 41.1 Å². The van der Waals surface area contributed by atoms with Crippen molar-refractivity contribution in [2.75, 3.05) is 13.2 Å². The van der Waals surface area contributed by atoms with E-state index in [1.807, 2.05) is 30.3 Å². The number of benzene rings is 2. The molecule has 148 valence electrons. The van der Waals surface area contributed by atoms with Gasteiger partial charge in [0.25, 0.3) is 5.91 Å². The van der Waals surface area contributed by atoms with Crippen molar-refractivity contribution in [3.05, 3.63) is 53.1 Å². The van der Waals surface area contributed by atoms with E-state index in [4.69, 9.17) is 21.1 Å². The first kappa shape index (κ1) is 18.9. The average Bonchev–Trinajstić information content (AvgIpc) is 3.05. The molecule has 2 aromatic carbocycles. The molecule has 1 aliphatic rings. The van der Waals surface area contributed by atoms with E-state index >= 15 is 0 Å². The summed E-state index contributed by atoms with van der Waals surface area (Å²) in [6, 6.07) is 12.8. The van der Waals surface area contributed by atoms with E-state index < -0.39 is 5.91 Å². The number of hydrogen-bond donors (Lipinski definition) is 1. The number of fused-ring (bicyclic) bond motifs is 1. The van der Waals surface area contributed by atoms with Crippen molar-refractivity contribution in [1.82, 2.24) is 25.6 Å². The number of ether oxygens (including phenoxy) is 2. The fraction of sp³-hybridized carbons (Fsp3) is 0.211. The second-order valence-electron chi connectivity index (χ2n) is 6.18. The molecule has 29 heavy (non-hydrogen) atoms. The highest BCUT2D eigenvalue weighted by atomic mass is 35.5. The molecule has 0 radical (unpaired) electrons. The minimum Gasteiger partial charge on any atom is -0.489 e. The number of amides is 1. The van der Waals surface area contributed by atoms with Crippen LogP contribution in [0.3, 0.4) is 0 Å². The molecule has 0 saturated heterocycles. The lowest BCUT2D eigenvalue weighted by Crippen LogP contribution is -2.24. The standard InChI is InChI=1S/C19H17ClN6O3/c20-15-9-13(10-16-18(15)29-8-4-7-28-16)11-21-22-17(27)12-26-24-19(23-25-26)14-5-2-1-3-6-14/h1-3,5-6,9-11H,4,7-8,12H2,(H,22,27)/b21-11-. The molecule has 3 aromatic rings. The van der Waals surface area contributed by atoms with Crippen molar-refractivity contribution in [1.29, 1.82) is 0 Å². The van der Waals surface area contributed by atoms with Gasteiger partial charge in [0.2, 0.25) is 5.82 Å². The van der Waals surface area contributed by atoms with Gasteiger partial charge < -0.3 is 9.47 Å². The van der Waals surface area contributed by atoms with Crippen LogP contribution >= 0.6 is 11.6 Å². The number of aromatic nitrogens is 4. The van der Waals surface area contributed by atoms with Gasteiger partial charge in [-0.05, 0) is 22.9 Å². The van der Waals surface area contributed by atoms with Crippen molar-refractivity contribution in [2.45, 2.75) is 13.0 Å². The number of halogens is 1. The lowest BCUT2D eigenvalue weighted by atomic mass is 10.2. The topological polar surface area (TPSA) is 104 Å². The average molecular weight is 413 g/mol. The predicted molar refractivity (Wildman–Crippen MR) is 106 cm³/mol. The van der Waals surface area contributed by atoms with E-state index in [1.54, 1.807) is 12.1 Å². The number of carbonyl (C=O) groups excluding carboxylic acids is 1. The van der Waals surface area contributed by atoms with Gasteiger partial charge in [-0.3, -0.25) is 4.79 Å². The molecule has 1 amide bonds. The van der Waals surface area contributed by atoms with Gasteiger partial charge in [0.15, 0.2) is 11.5 Å². The van der Waals surface area contributed by atoms with Gasteiger partial charge in [-0.2, -0.15) is 9.90 Å². The summed E-state index contributed by atoms with van der Waals surface area (Å²) in [6.07, 6.45) is 2.26. The molecule has 0 fully saturated rings. The number of nitrogens with zero attached hydrogens (tertiary/aromatic N) is 5. The van der Waals surface area contributed by atoms with Crippen LogP contribution in [0, 0.1) is 0 Å². The monoisotopic (exact) mass is 412 g/mol. The first-order chi connectivity index (χ1) is 14.2. The van der Waals surface area contributed by atoms with Gasteiger partial charge >= 0.3 is 0 Å². The number of nitrogens with one attached hydrogen (secondary N) is 1. The minimum absolute atomic E-state index is 0.112. The molecule has 2 heterocycles. The molecule has 10 heteroatoms. The van der Waals surface area contributed by atoms with Gasteiger partial charge in [-0.25, -0.2) is 5.43 Å². The predicted octanol–water partition coefficient (Wildman–Crippen LogP) is 2.31. The van der Waals surface area contributed by atoms with Crippen LogP contribution in [0.15, 0.2) is 47.6 Å². The Morgan fingerprint density at radius 3 is 2.93 bits per heavy atom. The summed E-state index contributed by atoms with van der Waals surface area (Å²) in [5.41, 5.74) is 3.92. The van der Waals surface area contributed by atoms with Crippen molar-refractivity contribution >= 4 is 23.7 Å². The molecule has 9 nitrogen and oxygen atoms in total. The number of hydrogen-bond acceptors (Lipinski definition) is 7. The maximum atomic E-state index is 12.1. The van der Waals surface area contributed by atoms with Crippen molar-refractivity contribution in [3.8, 4) is 22.9 Å². The largest absolute Gasteiger partial charge is 0.489 e. The van der Waals surface area contributed by atoms with Crippen LogP contribution in [0.2, 0.25) is 5.02 Å². The zero-order chi connectivity index (χ0) is 20.1. The maximum absolute atomic E-state index is 12.1. The highest BCUT2D eigenvalue weighted by Crippen LogP contribution is 2.37. The molecule has 0 unspecified atom stereocenters. The number of hydrazone groups is 1. The third-order valence-corrected chi connectivity index (χ3v) is 4.28. The Hall–Kier alpha value is -3.46. The Morgan fingerprint density at radius 2 is 2.07 bits per heavy atom. The summed E-state index contributed by atoms with van der Waals surface area (Å²) < 4.78 is 11.2. The Morgan fingerprint density at radius 1 is 1.24 bits per heavy atom. The molecule has 1 aliphatic heterocycles. The molecule has 0 aliphatic carbocycles. The smallest absolute Gasteiger partial charge is 0.263 e. The molecule has 1 N–H and O–H groups in total. The third-order valence-electron chi connectivity index (χ3n) is 4.00. The fourth-order valence-electron chi connectivity index (χ4n) is 2.68. The second kappa shape index (κ2) is 8.70. The summed E-state index contributed by atoms with van der Waals surface area (Å²) in [6.45, 7) is 0.994. The molecular formula is C19H17ClN6O3. The van der Waals surface area contributed by atoms with Gasteiger partial charge in [-0.1, -0.05) is 41.9 Å². The normalized spacial score (nSPS) is 13.3. The van der Waals surface area contributed by atoms with Crippen LogP contribution < -0.4 is 14.9 Å². The summed E-state index contributed by atoms with van der Waals surface area (Å²) in [7, 11) is 0. The van der Waals surface area contributed by atoms with Gasteiger partial charge in [-0.15, -0.1) is 10.2 Å². The van der Waals surface area contributed by atoms with Crippen molar-refractivity contribution < 1.29 is 14.3 Å². The van der Waals surface area contributed by atoms with E-state index in [0.717, 1.165) is 12.0 Å². The molecule has 0 saturated carbocycles. The summed E-state index contributed by atoms with van der Waals surface area (Å²) in [5.74, 6) is 1.14. The Kier molecular flexibility index (Phi) is 5.66. The zero-order valence-corrected chi connectivity index (χ0v) is 16.0. The lowest BCUT2D eigenvalue weighted by molar-refractivity contribution is -0.122. The maximum Gasteiger partial charge on any atom is 0.263 e. The van der Waals surface area contributed by atoms with Crippen LogP contribution in [0.1, 0.15) is 12.0 Å². The Labute approximate surface area is 171 Å². The van der Waals surface area contributed by atoms with Crippen LogP contribution in [0.25, 0.3) is 11.4 Å². The minimum atomic E-state index is -0.390. The highest BCUT2D eigenvalue weighted by Gasteiger charge is 2.15. The summed E-state index contributed by atoms with van der Waals surface area (Å²) >= 11 is 6.24. The molecule has 1 aromatic heterocycles.